The summed E-state index contributed by atoms with van der Waals surface area (Å²) >= 11 is 0. The number of fused-ring (bicyclic) bond motifs is 1. The van der Waals surface area contributed by atoms with Gasteiger partial charge in [0.15, 0.2) is 5.78 Å². The molecule has 0 radical (unpaired) electrons. The van der Waals surface area contributed by atoms with Gasteiger partial charge in [-0.15, -0.1) is 0 Å². The van der Waals surface area contributed by atoms with Crippen LogP contribution in [0.4, 0.5) is 5.82 Å². The average Bonchev–Trinajstić information content (AvgIpc) is 3.30. The van der Waals surface area contributed by atoms with E-state index in [2.05, 4.69) is 20.3 Å². The van der Waals surface area contributed by atoms with Gasteiger partial charge in [0.1, 0.15) is 29.3 Å². The molecule has 3 atom stereocenters. The number of carbonyl (C=O) groups is 1. The molecule has 34 heavy (non-hydrogen) atoms. The first-order valence-electron chi connectivity index (χ1n) is 11.3. The Morgan fingerprint density at radius 1 is 1.12 bits per heavy atom. The summed E-state index contributed by atoms with van der Waals surface area (Å²) in [5.41, 5.74) is 1.62. The molecule has 174 valence electrons. The molecule has 1 fully saturated rings. The van der Waals surface area contributed by atoms with E-state index in [4.69, 9.17) is 9.47 Å². The molecule has 0 aliphatic carbocycles. The Morgan fingerprint density at radius 2 is 1.88 bits per heavy atom. The number of aromatic nitrogens is 3. The molecule has 3 N–H and O–H groups in total. The Hall–Kier alpha value is -3.75. The van der Waals surface area contributed by atoms with E-state index in [1.165, 1.54) is 6.33 Å². The number of aromatic amines is 1. The van der Waals surface area contributed by atoms with E-state index in [0.29, 0.717) is 40.3 Å². The van der Waals surface area contributed by atoms with Gasteiger partial charge in [-0.2, -0.15) is 0 Å². The first-order valence-corrected chi connectivity index (χ1v) is 11.3. The zero-order valence-electron chi connectivity index (χ0n) is 18.8. The van der Waals surface area contributed by atoms with E-state index < -0.39 is 6.10 Å². The van der Waals surface area contributed by atoms with Crippen molar-refractivity contribution in [2.45, 2.75) is 38.0 Å². The quantitative estimate of drug-likeness (QED) is 0.354. The molecule has 4 aromatic rings. The van der Waals surface area contributed by atoms with Crippen molar-refractivity contribution in [2.75, 3.05) is 11.9 Å². The van der Waals surface area contributed by atoms with Crippen molar-refractivity contribution in [3.8, 4) is 11.5 Å². The lowest BCUT2D eigenvalue weighted by atomic mass is 10.0. The van der Waals surface area contributed by atoms with Gasteiger partial charge in [0, 0.05) is 11.8 Å². The summed E-state index contributed by atoms with van der Waals surface area (Å²) in [6.45, 7) is 2.20. The monoisotopic (exact) mass is 458 g/mol. The summed E-state index contributed by atoms with van der Waals surface area (Å²) in [6.07, 6.45) is 4.07. The predicted molar refractivity (Wildman–Crippen MR) is 128 cm³/mol. The van der Waals surface area contributed by atoms with Crippen molar-refractivity contribution in [1.29, 1.82) is 0 Å². The maximum atomic E-state index is 13.4. The number of aliphatic hydroxyl groups excluding tert-OH is 1. The number of rotatable bonds is 7. The number of carbonyl (C=O) groups excluding carboxylic acids is 1. The van der Waals surface area contributed by atoms with Crippen LogP contribution in [0.1, 0.15) is 35.7 Å². The van der Waals surface area contributed by atoms with E-state index in [1.807, 2.05) is 30.3 Å². The fourth-order valence-electron chi connectivity index (χ4n) is 4.17. The summed E-state index contributed by atoms with van der Waals surface area (Å²) in [5.74, 6) is 1.84. The summed E-state index contributed by atoms with van der Waals surface area (Å²) < 4.78 is 11.6. The lowest BCUT2D eigenvalue weighted by Gasteiger charge is -2.31. The number of benzene rings is 2. The van der Waals surface area contributed by atoms with Gasteiger partial charge < -0.3 is 24.9 Å². The van der Waals surface area contributed by atoms with E-state index in [1.54, 1.807) is 37.4 Å². The number of para-hydroxylation sites is 1. The number of hydrogen-bond acceptors (Lipinski definition) is 7. The van der Waals surface area contributed by atoms with Gasteiger partial charge >= 0.3 is 0 Å². The number of nitrogens with zero attached hydrogens (tertiary/aromatic N) is 2. The van der Waals surface area contributed by atoms with Crippen LogP contribution in [0.3, 0.4) is 0 Å². The fraction of sp³-hybridized carbons (Fsp3) is 0.269. The van der Waals surface area contributed by atoms with Crippen LogP contribution in [0, 0.1) is 0 Å². The highest BCUT2D eigenvalue weighted by molar-refractivity contribution is 6.18. The Bertz CT molecular complexity index is 1260. The lowest BCUT2D eigenvalue weighted by Crippen LogP contribution is -2.39. The van der Waals surface area contributed by atoms with Crippen molar-refractivity contribution in [1.82, 2.24) is 15.0 Å². The smallest absolute Gasteiger partial charge is 0.195 e. The molecule has 1 saturated heterocycles. The van der Waals surface area contributed by atoms with Crippen LogP contribution in [0.15, 0.2) is 67.1 Å². The second kappa shape index (κ2) is 9.62. The van der Waals surface area contributed by atoms with Crippen LogP contribution >= 0.6 is 0 Å². The Balaban J connectivity index is 1.35. The topological polar surface area (TPSA) is 109 Å². The predicted octanol–water partition coefficient (Wildman–Crippen LogP) is 4.32. The first kappa shape index (κ1) is 22.1. The minimum atomic E-state index is -0.495. The molecular weight excluding hydrogens is 432 g/mol. The van der Waals surface area contributed by atoms with Crippen molar-refractivity contribution >= 4 is 22.6 Å². The number of anilines is 1. The SMILES string of the molecule is C[C@H](O)[C@@H]1CC[C@H](Nc2ncnc3[nH]cc(C(=O)c4ccc(Oc5ccccc5)cc4)c23)CO1. The summed E-state index contributed by atoms with van der Waals surface area (Å²) in [5, 5.41) is 13.8. The molecule has 8 nitrogen and oxygen atoms in total. The summed E-state index contributed by atoms with van der Waals surface area (Å²) in [4.78, 5) is 25.1. The number of hydrogen-bond donors (Lipinski definition) is 3. The molecule has 0 unspecified atom stereocenters. The molecule has 3 heterocycles. The third-order valence-electron chi connectivity index (χ3n) is 6.00. The molecule has 2 aromatic heterocycles. The standard InChI is InChI=1S/C26H26N4O4/c1-16(31)22-12-9-18(14-33-22)30-26-23-21(13-27-25(23)28-15-29-26)24(32)17-7-10-20(11-8-17)34-19-5-3-2-4-6-19/h2-8,10-11,13,15-16,18,22,31H,9,12,14H2,1H3,(H2,27,28,29,30)/t16-,18-,22-/m0/s1. The Labute approximate surface area is 197 Å². The highest BCUT2D eigenvalue weighted by atomic mass is 16.5. The highest BCUT2D eigenvalue weighted by Crippen LogP contribution is 2.29. The molecule has 8 heteroatoms. The zero-order valence-corrected chi connectivity index (χ0v) is 18.8. The molecule has 0 bridgehead atoms. The lowest BCUT2D eigenvalue weighted by molar-refractivity contribution is -0.0584. The minimum Gasteiger partial charge on any atom is -0.457 e. The van der Waals surface area contributed by atoms with E-state index >= 15 is 0 Å². The number of ether oxygens (including phenoxy) is 2. The Kier molecular flexibility index (Phi) is 6.24. The largest absolute Gasteiger partial charge is 0.457 e. The van der Waals surface area contributed by atoms with Gasteiger partial charge in [-0.1, -0.05) is 18.2 Å². The number of H-pyrrole nitrogens is 1. The highest BCUT2D eigenvalue weighted by Gasteiger charge is 2.26. The number of nitrogens with one attached hydrogen (secondary N) is 2. The molecule has 2 aromatic carbocycles. The van der Waals surface area contributed by atoms with Gasteiger partial charge in [-0.05, 0) is 56.2 Å². The number of ketones is 1. The summed E-state index contributed by atoms with van der Waals surface area (Å²) in [7, 11) is 0. The van der Waals surface area contributed by atoms with Gasteiger partial charge in [0.2, 0.25) is 0 Å². The third-order valence-corrected chi connectivity index (χ3v) is 6.00. The molecule has 0 amide bonds. The maximum Gasteiger partial charge on any atom is 0.195 e. The van der Waals surface area contributed by atoms with Crippen LogP contribution in [0.25, 0.3) is 11.0 Å². The minimum absolute atomic E-state index is 0.0281. The van der Waals surface area contributed by atoms with Crippen LogP contribution in [0.5, 0.6) is 11.5 Å². The average molecular weight is 459 g/mol. The van der Waals surface area contributed by atoms with Crippen molar-refractivity contribution in [3.63, 3.8) is 0 Å². The van der Waals surface area contributed by atoms with Crippen LogP contribution in [0.2, 0.25) is 0 Å². The molecular formula is C26H26N4O4. The van der Waals surface area contributed by atoms with Crippen LogP contribution in [-0.2, 0) is 4.74 Å². The van der Waals surface area contributed by atoms with Crippen molar-refractivity contribution < 1.29 is 19.4 Å². The van der Waals surface area contributed by atoms with Gasteiger partial charge in [0.05, 0.1) is 35.8 Å². The molecule has 0 spiro atoms. The maximum absolute atomic E-state index is 13.4. The molecule has 0 saturated carbocycles. The third kappa shape index (κ3) is 4.64. The van der Waals surface area contributed by atoms with Crippen LogP contribution < -0.4 is 10.1 Å². The van der Waals surface area contributed by atoms with Crippen molar-refractivity contribution in [2.24, 2.45) is 0 Å². The van der Waals surface area contributed by atoms with E-state index in [-0.39, 0.29) is 17.9 Å². The van der Waals surface area contributed by atoms with Gasteiger partial charge in [-0.25, -0.2) is 9.97 Å². The van der Waals surface area contributed by atoms with E-state index in [9.17, 15) is 9.90 Å². The normalized spacial score (nSPS) is 19.0. The molecule has 1 aliphatic rings. The second-order valence-corrected chi connectivity index (χ2v) is 8.45. The van der Waals surface area contributed by atoms with Crippen molar-refractivity contribution in [3.05, 3.63) is 78.2 Å². The number of aliphatic hydroxyl groups is 1. The van der Waals surface area contributed by atoms with Gasteiger partial charge in [-0.3, -0.25) is 4.79 Å². The first-order chi connectivity index (χ1) is 16.6. The van der Waals surface area contributed by atoms with E-state index in [0.717, 1.165) is 18.6 Å². The fourth-order valence-corrected chi connectivity index (χ4v) is 4.17. The zero-order chi connectivity index (χ0) is 23.5. The summed E-state index contributed by atoms with van der Waals surface area (Å²) in [6, 6.07) is 16.6. The second-order valence-electron chi connectivity index (χ2n) is 8.45. The molecule has 1 aliphatic heterocycles. The Morgan fingerprint density at radius 3 is 2.59 bits per heavy atom. The van der Waals surface area contributed by atoms with Gasteiger partial charge in [0.25, 0.3) is 0 Å². The van der Waals surface area contributed by atoms with Crippen LogP contribution in [-0.4, -0.2) is 50.7 Å². The molecule has 5 rings (SSSR count).